The zero-order valence-electron chi connectivity index (χ0n) is 49.0. The van der Waals surface area contributed by atoms with Crippen LogP contribution < -0.4 is 0 Å². The molecule has 15 aliphatic carbocycles. The number of aryl methyl sites for hydroxylation is 2. The van der Waals surface area contributed by atoms with Crippen molar-refractivity contribution in [1.82, 2.24) is 0 Å². The lowest BCUT2D eigenvalue weighted by Crippen LogP contribution is -2.53. The molecule has 1 saturated carbocycles. The molecule has 8 aliphatic heterocycles. The van der Waals surface area contributed by atoms with Crippen molar-refractivity contribution >= 4 is 217 Å². The monoisotopic (exact) mass is 1160 g/mol. The van der Waals surface area contributed by atoms with E-state index in [0.29, 0.717) is 0 Å². The van der Waals surface area contributed by atoms with E-state index in [1.165, 1.54) is 120 Å². The molecule has 8 heterocycles. The van der Waals surface area contributed by atoms with E-state index in [1.54, 1.807) is 196 Å². The summed E-state index contributed by atoms with van der Waals surface area (Å²) in [6.45, 7) is 0.178. The summed E-state index contributed by atoms with van der Waals surface area (Å²) in [6.07, 6.45) is 13.5. The van der Waals surface area contributed by atoms with Crippen molar-refractivity contribution in [2.24, 2.45) is 5.41 Å². The van der Waals surface area contributed by atoms with Crippen LogP contribution in [0.3, 0.4) is 0 Å². The summed E-state index contributed by atoms with van der Waals surface area (Å²) in [7, 11) is 0. The standard InChI is InChI=1S/C89H30O4/c90-81-89-82(91)93-20-26-11-5-22(6-12-26)2-8-24-14-16-84-71-51-39-27-28-38-30-32-40(28)52(51)72(84)56-44(32)36-34-42(30)54-58-46(34)62-64-48(36)60(56)76-68-67-75(86(76,84)18-24)59-47-35-33-41-29(31(39)43(35)55(59)71)37(27)49-50(38)70(54)83-15-13-23(7-1-21-3-9-25(10-4-21)19-92-81)17-85(83)73-57(53(41)69(49)83)45(33)61-63(47)79(67)87(89)77(61)65(73)66(74(58)85)78(62)88(87,89)80(64)68/h3-6,9-14H,1-2,7-8,15-20H2. The number of ether oxygens (including phenoxy) is 2. The molecule has 0 amide bonds. The van der Waals surface area contributed by atoms with Crippen molar-refractivity contribution < 1.29 is 19.1 Å². The van der Waals surface area contributed by atoms with Gasteiger partial charge in [0.25, 0.3) is 0 Å². The Morgan fingerprint density at radius 1 is 0.237 bits per heavy atom. The molecule has 410 valence electrons. The maximum absolute atomic E-state index is 18.2. The molecule has 93 heavy (non-hydrogen) atoms. The maximum atomic E-state index is 18.2. The molecule has 4 heteroatoms. The minimum absolute atomic E-state index is 0.0890. The quantitative estimate of drug-likeness (QED) is 0.0657. The van der Waals surface area contributed by atoms with Gasteiger partial charge in [-0.15, -0.1) is 0 Å². The normalized spacial score (nSPS) is 31.2. The van der Waals surface area contributed by atoms with Crippen LogP contribution in [0, 0.1) is 5.41 Å². The first-order valence-electron chi connectivity index (χ1n) is 35.2. The van der Waals surface area contributed by atoms with Gasteiger partial charge >= 0.3 is 11.9 Å². The molecule has 22 aromatic carbocycles. The van der Waals surface area contributed by atoms with E-state index >= 15 is 9.59 Å². The summed E-state index contributed by atoms with van der Waals surface area (Å²) in [5.41, 5.74) is 26.4. The maximum Gasteiger partial charge on any atom is 0.326 e. The molecule has 0 radical (unpaired) electrons. The van der Waals surface area contributed by atoms with E-state index in [1.807, 2.05) is 0 Å². The van der Waals surface area contributed by atoms with Crippen molar-refractivity contribution in [2.45, 2.75) is 97.1 Å². The second-order valence-corrected chi connectivity index (χ2v) is 34.4. The van der Waals surface area contributed by atoms with Gasteiger partial charge in [0.2, 0.25) is 0 Å². The fourth-order valence-electron chi connectivity index (χ4n) is 33.3. The molecule has 0 aromatic heterocycles. The summed E-state index contributed by atoms with van der Waals surface area (Å²) in [6, 6.07) is 18.1. The van der Waals surface area contributed by atoms with Crippen molar-refractivity contribution in [3.63, 3.8) is 0 Å². The van der Waals surface area contributed by atoms with Gasteiger partial charge in [-0.05, 0) is 367 Å². The van der Waals surface area contributed by atoms with Crippen LogP contribution in [0.15, 0.2) is 71.8 Å². The number of carbonyl (C=O) groups excluding carboxylic acids is 2. The second-order valence-electron chi connectivity index (χ2n) is 34.4. The Morgan fingerprint density at radius 3 is 0.763 bits per heavy atom. The highest BCUT2D eigenvalue weighted by Crippen LogP contribution is 3.00. The Kier molecular flexibility index (Phi) is 3.86. The number of rotatable bonds is 0. The van der Waals surface area contributed by atoms with Crippen molar-refractivity contribution in [3.8, 4) is 22.3 Å². The van der Waals surface area contributed by atoms with Crippen molar-refractivity contribution in [2.75, 3.05) is 0 Å². The van der Waals surface area contributed by atoms with Gasteiger partial charge in [-0.1, -0.05) is 71.8 Å². The van der Waals surface area contributed by atoms with Gasteiger partial charge in [0.05, 0.1) is 10.8 Å². The third-order valence-electron chi connectivity index (χ3n) is 34.0. The number of hydrogen-bond acceptors (Lipinski definition) is 4. The third-order valence-corrected chi connectivity index (χ3v) is 34.0. The van der Waals surface area contributed by atoms with E-state index in [4.69, 9.17) is 9.47 Å². The zero-order chi connectivity index (χ0) is 56.9. The highest BCUT2D eigenvalue weighted by Gasteiger charge is 3.03. The first-order chi connectivity index (χ1) is 46.0. The fourth-order valence-corrected chi connectivity index (χ4v) is 33.3. The van der Waals surface area contributed by atoms with Crippen LogP contribution in [0.25, 0.3) is 227 Å². The average Bonchev–Trinajstić information content (AvgIpc) is 1.35. The lowest BCUT2D eigenvalue weighted by atomic mass is 9.44. The molecule has 0 unspecified atom stereocenters. The molecule has 22 aromatic rings. The van der Waals surface area contributed by atoms with E-state index in [-0.39, 0.29) is 36.0 Å². The molecule has 23 aliphatic rings. The average molecular weight is 1160 g/mol. The number of carbonyl (C=O) groups is 2. The van der Waals surface area contributed by atoms with E-state index in [9.17, 15) is 0 Å². The van der Waals surface area contributed by atoms with Gasteiger partial charge in [-0.2, -0.15) is 0 Å². The van der Waals surface area contributed by atoms with Crippen LogP contribution >= 0.6 is 0 Å². The summed E-state index contributed by atoms with van der Waals surface area (Å²) in [4.78, 5) is 36.4. The van der Waals surface area contributed by atoms with E-state index < -0.39 is 27.1 Å². The van der Waals surface area contributed by atoms with Gasteiger partial charge in [-0.3, -0.25) is 9.59 Å². The molecule has 0 saturated heterocycles. The first-order valence-corrected chi connectivity index (χ1v) is 35.2. The van der Waals surface area contributed by atoms with E-state index in [0.717, 1.165) is 62.5 Å². The van der Waals surface area contributed by atoms with Gasteiger partial charge < -0.3 is 9.47 Å². The summed E-state index contributed by atoms with van der Waals surface area (Å²) >= 11 is 0. The molecule has 45 rings (SSSR count). The molecular formula is C89H30O4. The van der Waals surface area contributed by atoms with Gasteiger partial charge in [0, 0.05) is 21.7 Å². The van der Waals surface area contributed by atoms with Crippen LogP contribution in [0.4, 0.5) is 0 Å². The van der Waals surface area contributed by atoms with Gasteiger partial charge in [0.1, 0.15) is 13.2 Å². The Labute approximate surface area is 518 Å². The summed E-state index contributed by atoms with van der Waals surface area (Å²) < 4.78 is 14.9. The smallest absolute Gasteiger partial charge is 0.326 e. The molecule has 23 bridgehead atoms. The summed E-state index contributed by atoms with van der Waals surface area (Å²) in [5.74, 6) is -0.759. The molecule has 0 atom stereocenters. The second kappa shape index (κ2) is 9.30. The van der Waals surface area contributed by atoms with Crippen LogP contribution in [0.5, 0.6) is 0 Å². The lowest BCUT2D eigenvalue weighted by molar-refractivity contribution is -0.168. The number of esters is 2. The van der Waals surface area contributed by atoms with E-state index in [2.05, 4.69) is 60.7 Å². The third kappa shape index (κ3) is 2.28. The number of allylic oxidation sites excluding steroid dienone is 4. The number of hydrogen-bond donors (Lipinski definition) is 0. The van der Waals surface area contributed by atoms with Gasteiger partial charge in [-0.25, -0.2) is 0 Å². The topological polar surface area (TPSA) is 52.6 Å². The largest absolute Gasteiger partial charge is 0.460 e. The Hall–Kier alpha value is -10.2. The summed E-state index contributed by atoms with van der Waals surface area (Å²) in [5, 5.41) is 59.4. The SMILES string of the molecule is O=C1OCc2ccc(cc2)CCC2=CCC34c5c6c7c8c9c%10c%11c%12c%13c%14c%15c%16c%17c%18c%19c%20c%21c%22c%23c%24c-%14c%14c%25c%26c(c-9c(c9c%27c3c3c5c5c%28c6c(c%117)c(c%12%16)c%17c%28c%19c5c5c3c3c%27c(c%269)c(c%25%23)c%22c3c%205)C84C2)C%142C1(C(=O)OCc1ccc(cc1)CCC1=CCC%18%21C%15%24C1)C%10%132. The minimum Gasteiger partial charge on any atom is -0.460 e. The molecule has 4 nitrogen and oxygen atoms in total. The lowest BCUT2D eigenvalue weighted by Gasteiger charge is -2.57. The Bertz CT molecular complexity index is 7550. The van der Waals surface area contributed by atoms with Crippen LogP contribution in [0.2, 0.25) is 0 Å². The molecule has 1 fully saturated rings. The molecular weight excluding hydrogens is 1130 g/mol. The van der Waals surface area contributed by atoms with Crippen LogP contribution in [-0.4, -0.2) is 11.9 Å². The van der Waals surface area contributed by atoms with Gasteiger partial charge in [0.15, 0.2) is 5.41 Å². The molecule has 7 spiro atoms. The van der Waals surface area contributed by atoms with Crippen molar-refractivity contribution in [1.29, 1.82) is 0 Å². The predicted molar refractivity (Wildman–Crippen MR) is 365 cm³/mol. The predicted octanol–water partition coefficient (Wildman–Crippen LogP) is 19.1. The number of benzene rings is 16. The Balaban J connectivity index is 0.950. The fraction of sp³-hybridized carbons (Fsp3) is 0.191. The molecule has 0 N–H and O–H groups in total. The highest BCUT2D eigenvalue weighted by molar-refractivity contribution is 6.73. The van der Waals surface area contributed by atoms with Crippen LogP contribution in [-0.2, 0) is 77.6 Å². The highest BCUT2D eigenvalue weighted by atomic mass is 16.6. The van der Waals surface area contributed by atoms with Crippen molar-refractivity contribution in [3.05, 3.63) is 161 Å². The Morgan fingerprint density at radius 2 is 0.473 bits per heavy atom. The van der Waals surface area contributed by atoms with Crippen LogP contribution in [0.1, 0.15) is 128 Å². The zero-order valence-corrected chi connectivity index (χ0v) is 49.0. The minimum atomic E-state index is -1.81. The first kappa shape index (κ1) is 38.6.